The molecule has 2 heterocycles. The zero-order chi connectivity index (χ0) is 13.2. The zero-order valence-electron chi connectivity index (χ0n) is 11.1. The van der Waals surface area contributed by atoms with Crippen LogP contribution in [0.2, 0.25) is 0 Å². The van der Waals surface area contributed by atoms with Gasteiger partial charge in [-0.3, -0.25) is 0 Å². The minimum Gasteiger partial charge on any atom is -0.495 e. The molecule has 4 heteroatoms. The molecule has 0 spiro atoms. The standard InChI is InChI=1S/C15H20N2O2/c1-19-14-4-2-3-12-10(9-17-15(12)14)7-11-8-16-6-5-13(11)18/h2-4,9,11,13,16-18H,5-8H2,1H3. The molecule has 1 aromatic carbocycles. The molecule has 0 amide bonds. The molecule has 0 saturated carbocycles. The summed E-state index contributed by atoms with van der Waals surface area (Å²) in [6, 6.07) is 6.07. The Hall–Kier alpha value is -1.52. The van der Waals surface area contributed by atoms with E-state index in [1.165, 1.54) is 10.9 Å². The number of hydrogen-bond acceptors (Lipinski definition) is 3. The predicted molar refractivity (Wildman–Crippen MR) is 75.5 cm³/mol. The Morgan fingerprint density at radius 1 is 1.42 bits per heavy atom. The number of para-hydroxylation sites is 1. The third-order valence-electron chi connectivity index (χ3n) is 4.03. The van der Waals surface area contributed by atoms with Crippen LogP contribution in [-0.4, -0.2) is 36.4 Å². The van der Waals surface area contributed by atoms with Crippen LogP contribution in [-0.2, 0) is 6.42 Å². The lowest BCUT2D eigenvalue weighted by molar-refractivity contribution is 0.0793. The lowest BCUT2D eigenvalue weighted by atomic mass is 9.89. The first kappa shape index (κ1) is 12.5. The summed E-state index contributed by atoms with van der Waals surface area (Å²) in [7, 11) is 1.68. The maximum absolute atomic E-state index is 10.1. The van der Waals surface area contributed by atoms with Crippen molar-refractivity contribution in [3.8, 4) is 5.75 Å². The molecule has 1 aromatic heterocycles. The zero-order valence-corrected chi connectivity index (χ0v) is 11.1. The molecule has 19 heavy (non-hydrogen) atoms. The fraction of sp³-hybridized carbons (Fsp3) is 0.467. The maximum Gasteiger partial charge on any atom is 0.142 e. The second-order valence-electron chi connectivity index (χ2n) is 5.22. The van der Waals surface area contributed by atoms with Crippen LogP contribution in [0.25, 0.3) is 10.9 Å². The van der Waals surface area contributed by atoms with E-state index in [2.05, 4.69) is 16.4 Å². The number of aliphatic hydroxyl groups excluding tert-OH is 1. The van der Waals surface area contributed by atoms with E-state index >= 15 is 0 Å². The van der Waals surface area contributed by atoms with Crippen molar-refractivity contribution in [2.24, 2.45) is 5.92 Å². The molecule has 4 nitrogen and oxygen atoms in total. The number of H-pyrrole nitrogens is 1. The van der Waals surface area contributed by atoms with Crippen LogP contribution in [0.1, 0.15) is 12.0 Å². The average molecular weight is 260 g/mol. The lowest BCUT2D eigenvalue weighted by Gasteiger charge is -2.28. The highest BCUT2D eigenvalue weighted by Gasteiger charge is 2.24. The van der Waals surface area contributed by atoms with Gasteiger partial charge in [0.2, 0.25) is 0 Å². The van der Waals surface area contributed by atoms with Gasteiger partial charge in [0.1, 0.15) is 5.75 Å². The summed E-state index contributed by atoms with van der Waals surface area (Å²) in [5, 5.41) is 14.6. The minimum absolute atomic E-state index is 0.197. The van der Waals surface area contributed by atoms with Crippen LogP contribution >= 0.6 is 0 Å². The van der Waals surface area contributed by atoms with E-state index in [0.717, 1.165) is 37.2 Å². The molecular formula is C15H20N2O2. The Labute approximate surface area is 112 Å². The molecule has 3 rings (SSSR count). The Morgan fingerprint density at radius 2 is 2.32 bits per heavy atom. The van der Waals surface area contributed by atoms with E-state index in [1.807, 2.05) is 18.3 Å². The first-order valence-electron chi connectivity index (χ1n) is 6.81. The number of piperidine rings is 1. The van der Waals surface area contributed by atoms with Crippen LogP contribution in [0.3, 0.4) is 0 Å². The monoisotopic (exact) mass is 260 g/mol. The highest BCUT2D eigenvalue weighted by molar-refractivity contribution is 5.88. The second kappa shape index (κ2) is 5.23. The molecule has 1 aliphatic heterocycles. The summed E-state index contributed by atoms with van der Waals surface area (Å²) < 4.78 is 5.36. The quantitative estimate of drug-likeness (QED) is 0.787. The minimum atomic E-state index is -0.197. The van der Waals surface area contributed by atoms with Gasteiger partial charge in [0.25, 0.3) is 0 Å². The van der Waals surface area contributed by atoms with E-state index in [-0.39, 0.29) is 6.10 Å². The number of benzene rings is 1. The van der Waals surface area contributed by atoms with E-state index in [4.69, 9.17) is 4.74 Å². The normalized spacial score (nSPS) is 23.7. The topological polar surface area (TPSA) is 57.3 Å². The molecule has 3 N–H and O–H groups in total. The molecule has 2 atom stereocenters. The molecule has 1 fully saturated rings. The predicted octanol–water partition coefficient (Wildman–Crippen LogP) is 1.69. The van der Waals surface area contributed by atoms with Crippen molar-refractivity contribution in [2.75, 3.05) is 20.2 Å². The van der Waals surface area contributed by atoms with Crippen LogP contribution in [0.5, 0.6) is 5.75 Å². The first-order valence-corrected chi connectivity index (χ1v) is 6.81. The highest BCUT2D eigenvalue weighted by atomic mass is 16.5. The molecule has 1 aliphatic rings. The highest BCUT2D eigenvalue weighted by Crippen LogP contribution is 2.29. The Balaban J connectivity index is 1.89. The average Bonchev–Trinajstić information content (AvgIpc) is 2.84. The summed E-state index contributed by atoms with van der Waals surface area (Å²) >= 11 is 0. The summed E-state index contributed by atoms with van der Waals surface area (Å²) in [6.07, 6.45) is 3.57. The van der Waals surface area contributed by atoms with E-state index < -0.39 is 0 Å². The molecule has 0 radical (unpaired) electrons. The number of rotatable bonds is 3. The van der Waals surface area contributed by atoms with Crippen LogP contribution < -0.4 is 10.1 Å². The van der Waals surface area contributed by atoms with E-state index in [1.54, 1.807) is 7.11 Å². The molecule has 2 aromatic rings. The summed E-state index contributed by atoms with van der Waals surface area (Å²) in [5.41, 5.74) is 2.29. The van der Waals surface area contributed by atoms with Crippen molar-refractivity contribution in [3.63, 3.8) is 0 Å². The van der Waals surface area contributed by atoms with Crippen molar-refractivity contribution >= 4 is 10.9 Å². The van der Waals surface area contributed by atoms with Crippen LogP contribution in [0.4, 0.5) is 0 Å². The Kier molecular flexibility index (Phi) is 3.44. The van der Waals surface area contributed by atoms with Gasteiger partial charge in [-0.25, -0.2) is 0 Å². The largest absolute Gasteiger partial charge is 0.495 e. The smallest absolute Gasteiger partial charge is 0.142 e. The van der Waals surface area contributed by atoms with Gasteiger partial charge in [0.15, 0.2) is 0 Å². The molecule has 1 saturated heterocycles. The Bertz CT molecular complexity index is 564. The molecular weight excluding hydrogens is 240 g/mol. The van der Waals surface area contributed by atoms with E-state index in [0.29, 0.717) is 5.92 Å². The second-order valence-corrected chi connectivity index (χ2v) is 5.22. The fourth-order valence-electron chi connectivity index (χ4n) is 2.92. The molecule has 0 bridgehead atoms. The fourth-order valence-corrected chi connectivity index (χ4v) is 2.92. The number of hydrogen-bond donors (Lipinski definition) is 3. The van der Waals surface area contributed by atoms with Crippen LogP contribution in [0.15, 0.2) is 24.4 Å². The van der Waals surface area contributed by atoms with Crippen molar-refractivity contribution < 1.29 is 9.84 Å². The van der Waals surface area contributed by atoms with Crippen molar-refractivity contribution in [2.45, 2.75) is 18.9 Å². The number of ether oxygens (including phenoxy) is 1. The van der Waals surface area contributed by atoms with Gasteiger partial charge in [-0.2, -0.15) is 0 Å². The first-order chi connectivity index (χ1) is 9.29. The van der Waals surface area contributed by atoms with Crippen molar-refractivity contribution in [1.29, 1.82) is 0 Å². The van der Waals surface area contributed by atoms with Gasteiger partial charge in [-0.05, 0) is 31.0 Å². The van der Waals surface area contributed by atoms with Crippen LogP contribution in [0, 0.1) is 5.92 Å². The number of aromatic amines is 1. The van der Waals surface area contributed by atoms with E-state index in [9.17, 15) is 5.11 Å². The third kappa shape index (κ3) is 2.33. The van der Waals surface area contributed by atoms with Gasteiger partial charge in [-0.15, -0.1) is 0 Å². The molecule has 102 valence electrons. The summed E-state index contributed by atoms with van der Waals surface area (Å²) in [6.45, 7) is 1.80. The van der Waals surface area contributed by atoms with Crippen molar-refractivity contribution in [3.05, 3.63) is 30.0 Å². The van der Waals surface area contributed by atoms with Gasteiger partial charge in [-0.1, -0.05) is 12.1 Å². The Morgan fingerprint density at radius 3 is 3.11 bits per heavy atom. The maximum atomic E-state index is 10.1. The third-order valence-corrected chi connectivity index (χ3v) is 4.03. The molecule has 2 unspecified atom stereocenters. The number of aliphatic hydroxyl groups is 1. The van der Waals surface area contributed by atoms with Crippen molar-refractivity contribution in [1.82, 2.24) is 10.3 Å². The number of fused-ring (bicyclic) bond motifs is 1. The number of nitrogens with one attached hydrogen (secondary N) is 2. The van der Waals surface area contributed by atoms with Gasteiger partial charge in [0.05, 0.1) is 18.7 Å². The lowest BCUT2D eigenvalue weighted by Crippen LogP contribution is -2.40. The number of aromatic nitrogens is 1. The van der Waals surface area contributed by atoms with Gasteiger partial charge in [0, 0.05) is 24.0 Å². The summed E-state index contributed by atoms with van der Waals surface area (Å²) in [4.78, 5) is 3.29. The van der Waals surface area contributed by atoms with Gasteiger partial charge >= 0.3 is 0 Å². The number of methoxy groups -OCH3 is 1. The molecule has 0 aliphatic carbocycles. The SMILES string of the molecule is COc1cccc2c(CC3CNCCC3O)c[nH]c12. The summed E-state index contributed by atoms with van der Waals surface area (Å²) in [5.74, 6) is 1.16. The van der Waals surface area contributed by atoms with Gasteiger partial charge < -0.3 is 20.1 Å².